The topological polar surface area (TPSA) is 151 Å². The summed E-state index contributed by atoms with van der Waals surface area (Å²) in [5.74, 6) is 1.19. The van der Waals surface area contributed by atoms with Crippen LogP contribution in [0, 0.1) is 5.41 Å². The summed E-state index contributed by atoms with van der Waals surface area (Å²) < 4.78 is 37.9. The SMILES string of the molecule is CS(=O)CCNc1cc(S(=O)(=O)c2cccnc2)cc(Nc2nc3c(s2)CC(C)(C)CC3)n1.O=CO. The molecule has 1 atom stereocenters. The van der Waals surface area contributed by atoms with Crippen LogP contribution >= 0.6 is 11.3 Å². The molecule has 0 aliphatic heterocycles. The minimum Gasteiger partial charge on any atom is -0.483 e. The minimum absolute atomic E-state index is 0.0931. The lowest BCUT2D eigenvalue weighted by molar-refractivity contribution is -0.122. The molecule has 1 aliphatic rings. The number of thiazole rings is 1. The summed E-state index contributed by atoms with van der Waals surface area (Å²) in [5, 5.41) is 13.9. The second-order valence-corrected chi connectivity index (χ2v) is 13.5. The van der Waals surface area contributed by atoms with Gasteiger partial charge in [-0.15, -0.1) is 11.3 Å². The molecule has 194 valence electrons. The molecule has 10 nitrogen and oxygen atoms in total. The number of carboxylic acid groups (broad SMARTS) is 1. The summed E-state index contributed by atoms with van der Waals surface area (Å²) in [4.78, 5) is 23.0. The van der Waals surface area contributed by atoms with Crippen molar-refractivity contribution in [2.75, 3.05) is 29.2 Å². The molecular weight excluding hydrogens is 522 g/mol. The van der Waals surface area contributed by atoms with Gasteiger partial charge in [0.05, 0.1) is 15.5 Å². The number of hydrogen-bond donors (Lipinski definition) is 3. The Labute approximate surface area is 217 Å². The van der Waals surface area contributed by atoms with Crippen LogP contribution in [0.1, 0.15) is 30.8 Å². The zero-order valence-corrected chi connectivity index (χ0v) is 22.7. The average Bonchev–Trinajstić information content (AvgIpc) is 3.20. The van der Waals surface area contributed by atoms with Crippen molar-refractivity contribution in [3.63, 3.8) is 0 Å². The molecule has 1 unspecified atom stereocenters. The molecule has 0 saturated carbocycles. The van der Waals surface area contributed by atoms with Gasteiger partial charge in [0.1, 0.15) is 11.6 Å². The van der Waals surface area contributed by atoms with Gasteiger partial charge < -0.3 is 15.7 Å². The van der Waals surface area contributed by atoms with Gasteiger partial charge in [0.2, 0.25) is 9.84 Å². The maximum absolute atomic E-state index is 13.2. The van der Waals surface area contributed by atoms with Crippen molar-refractivity contribution in [2.24, 2.45) is 5.41 Å². The molecule has 36 heavy (non-hydrogen) atoms. The molecule has 0 aromatic carbocycles. The van der Waals surface area contributed by atoms with Crippen molar-refractivity contribution in [1.82, 2.24) is 15.0 Å². The van der Waals surface area contributed by atoms with Crippen molar-refractivity contribution in [1.29, 1.82) is 0 Å². The Balaban J connectivity index is 0.00000115. The molecule has 3 N–H and O–H groups in total. The van der Waals surface area contributed by atoms with Crippen molar-refractivity contribution in [3.05, 3.63) is 47.2 Å². The largest absolute Gasteiger partial charge is 0.483 e. The monoisotopic (exact) mass is 551 g/mol. The Morgan fingerprint density at radius 3 is 2.61 bits per heavy atom. The number of nitrogens with one attached hydrogen (secondary N) is 2. The Morgan fingerprint density at radius 2 is 1.94 bits per heavy atom. The van der Waals surface area contributed by atoms with Gasteiger partial charge in [0.25, 0.3) is 6.47 Å². The van der Waals surface area contributed by atoms with Crippen LogP contribution in [0.2, 0.25) is 0 Å². The minimum atomic E-state index is -3.79. The fraction of sp³-hybridized carbons (Fsp3) is 0.391. The fourth-order valence-electron chi connectivity index (χ4n) is 3.64. The van der Waals surface area contributed by atoms with E-state index in [4.69, 9.17) is 14.9 Å². The predicted molar refractivity (Wildman–Crippen MR) is 141 cm³/mol. The standard InChI is InChI=1S/C22H27N5O3S3.CH2O2/c1-22(2)7-6-17-18(13-22)31-21(25-17)27-20-12-16(11-19(26-20)24-9-10-32(3)28)33(29,30)15-5-4-8-23-14-15;2-1-3/h4-5,8,11-12,14H,6-7,9-10,13H2,1-3H3,(H2,24,25,26,27);1H,(H,2,3). The van der Waals surface area contributed by atoms with Crippen molar-refractivity contribution >= 4 is 55.2 Å². The molecule has 0 amide bonds. The van der Waals surface area contributed by atoms with Gasteiger partial charge in [-0.2, -0.15) is 0 Å². The fourth-order valence-corrected chi connectivity index (χ4v) is 6.57. The third kappa shape index (κ3) is 7.31. The quantitative estimate of drug-likeness (QED) is 0.355. The first kappa shape index (κ1) is 27.7. The molecule has 0 radical (unpaired) electrons. The van der Waals surface area contributed by atoms with Crippen LogP contribution in [-0.4, -0.2) is 57.7 Å². The highest BCUT2D eigenvalue weighted by molar-refractivity contribution is 7.91. The zero-order chi connectivity index (χ0) is 26.3. The first-order chi connectivity index (χ1) is 17.0. The Hall–Kier alpha value is -2.90. The number of rotatable bonds is 8. The molecule has 1 aliphatic carbocycles. The molecule has 0 spiro atoms. The average molecular weight is 552 g/mol. The molecule has 4 rings (SSSR count). The zero-order valence-electron chi connectivity index (χ0n) is 20.2. The van der Waals surface area contributed by atoms with E-state index in [0.717, 1.165) is 25.0 Å². The van der Waals surface area contributed by atoms with Crippen molar-refractivity contribution in [2.45, 2.75) is 42.9 Å². The van der Waals surface area contributed by atoms with E-state index in [9.17, 15) is 12.6 Å². The Bertz CT molecular complexity index is 1330. The van der Waals surface area contributed by atoms with Gasteiger partial charge in [-0.3, -0.25) is 14.0 Å². The van der Waals surface area contributed by atoms with Gasteiger partial charge in [-0.25, -0.2) is 18.4 Å². The maximum atomic E-state index is 13.2. The number of aromatic nitrogens is 3. The number of nitrogens with zero attached hydrogens (tertiary/aromatic N) is 3. The van der Waals surface area contributed by atoms with Gasteiger partial charge >= 0.3 is 0 Å². The molecule has 0 bridgehead atoms. The molecular formula is C23H29N5O5S3. The third-order valence-corrected chi connectivity index (χ3v) is 8.95. The van der Waals surface area contributed by atoms with Crippen LogP contribution in [-0.2, 0) is 38.3 Å². The summed E-state index contributed by atoms with van der Waals surface area (Å²) in [6.45, 7) is 4.68. The molecule has 0 fully saturated rings. The van der Waals surface area contributed by atoms with E-state index in [0.29, 0.717) is 29.1 Å². The summed E-state index contributed by atoms with van der Waals surface area (Å²) in [6, 6.07) is 6.10. The number of aryl methyl sites for hydroxylation is 1. The molecule has 3 aromatic heterocycles. The third-order valence-electron chi connectivity index (χ3n) is 5.44. The highest BCUT2D eigenvalue weighted by Gasteiger charge is 2.28. The van der Waals surface area contributed by atoms with Gasteiger partial charge in [-0.1, -0.05) is 13.8 Å². The number of carbonyl (C=O) groups is 1. The van der Waals surface area contributed by atoms with Crippen molar-refractivity contribution < 1.29 is 22.5 Å². The second kappa shape index (κ2) is 11.9. The summed E-state index contributed by atoms with van der Waals surface area (Å²) in [6.07, 6.45) is 7.48. The second-order valence-electron chi connectivity index (χ2n) is 8.93. The van der Waals surface area contributed by atoms with Crippen LogP contribution in [0.5, 0.6) is 0 Å². The number of anilines is 3. The van der Waals surface area contributed by atoms with Crippen molar-refractivity contribution in [3.8, 4) is 0 Å². The first-order valence-electron chi connectivity index (χ1n) is 11.1. The first-order valence-corrected chi connectivity index (χ1v) is 15.1. The normalized spacial score (nSPS) is 15.1. The predicted octanol–water partition coefficient (Wildman–Crippen LogP) is 3.52. The van der Waals surface area contributed by atoms with Crippen LogP contribution in [0.4, 0.5) is 16.8 Å². The van der Waals surface area contributed by atoms with Crippen LogP contribution in [0.3, 0.4) is 0 Å². The number of sulfone groups is 1. The van der Waals surface area contributed by atoms with E-state index in [1.165, 1.54) is 35.5 Å². The van der Waals surface area contributed by atoms with E-state index in [-0.39, 0.29) is 21.7 Å². The highest BCUT2D eigenvalue weighted by Crippen LogP contribution is 2.39. The lowest BCUT2D eigenvalue weighted by Gasteiger charge is -2.28. The van der Waals surface area contributed by atoms with Gasteiger partial charge in [-0.05, 0) is 42.9 Å². The number of hydrogen-bond acceptors (Lipinski definition) is 10. The van der Waals surface area contributed by atoms with E-state index >= 15 is 0 Å². The Kier molecular flexibility index (Phi) is 9.14. The lowest BCUT2D eigenvalue weighted by Crippen LogP contribution is -2.20. The van der Waals surface area contributed by atoms with E-state index < -0.39 is 20.6 Å². The van der Waals surface area contributed by atoms with E-state index in [1.54, 1.807) is 23.7 Å². The maximum Gasteiger partial charge on any atom is 0.290 e. The van der Waals surface area contributed by atoms with E-state index in [2.05, 4.69) is 34.4 Å². The highest BCUT2D eigenvalue weighted by atomic mass is 32.2. The molecule has 3 aromatic rings. The van der Waals surface area contributed by atoms with Crippen LogP contribution < -0.4 is 10.6 Å². The molecule has 0 saturated heterocycles. The van der Waals surface area contributed by atoms with Gasteiger partial charge in [0.15, 0.2) is 5.13 Å². The summed E-state index contributed by atoms with van der Waals surface area (Å²) in [7, 11) is -4.77. The lowest BCUT2D eigenvalue weighted by atomic mass is 9.79. The molecule has 3 heterocycles. The Morgan fingerprint density at radius 1 is 1.22 bits per heavy atom. The van der Waals surface area contributed by atoms with Crippen LogP contribution in [0.15, 0.2) is 46.5 Å². The summed E-state index contributed by atoms with van der Waals surface area (Å²) >= 11 is 1.59. The number of fused-ring (bicyclic) bond motifs is 1. The van der Waals surface area contributed by atoms with Crippen LogP contribution in [0.25, 0.3) is 0 Å². The molecule has 13 heteroatoms. The smallest absolute Gasteiger partial charge is 0.290 e. The summed E-state index contributed by atoms with van der Waals surface area (Å²) in [5.41, 5.74) is 1.35. The number of pyridine rings is 2. The van der Waals surface area contributed by atoms with E-state index in [1.807, 2.05) is 0 Å². The van der Waals surface area contributed by atoms with Gasteiger partial charge in [0, 0.05) is 52.7 Å².